The Bertz CT molecular complexity index is 1870. The van der Waals surface area contributed by atoms with Crippen LogP contribution in [0.25, 0.3) is 0 Å². The lowest BCUT2D eigenvalue weighted by Gasteiger charge is -2.30. The summed E-state index contributed by atoms with van der Waals surface area (Å²) >= 11 is 1.55. The Kier molecular flexibility index (Phi) is 14.7. The Balaban J connectivity index is 1.24. The lowest BCUT2D eigenvalue weighted by molar-refractivity contribution is -0.124. The van der Waals surface area contributed by atoms with E-state index in [9.17, 15) is 19.5 Å². The third-order valence-electron chi connectivity index (χ3n) is 8.87. The lowest BCUT2D eigenvalue weighted by Crippen LogP contribution is -2.55. The summed E-state index contributed by atoms with van der Waals surface area (Å²) in [6.45, 7) is 3.89. The van der Waals surface area contributed by atoms with Gasteiger partial charge in [-0.25, -0.2) is 14.6 Å². The van der Waals surface area contributed by atoms with Gasteiger partial charge >= 0.3 is 12.1 Å². The SMILES string of the molecule is CC(C)[C@H](NC(=O)N(C)Cc1csc(Cc2ccccc2)n1)C(=O)N[C@@H](Cc1ccccc1)C[C@H](O)[C@H](Cc1ccccc1)NC(=O)OCc1ccno1. The maximum Gasteiger partial charge on any atom is 0.407 e. The van der Waals surface area contributed by atoms with Gasteiger partial charge in [0.2, 0.25) is 5.91 Å². The Morgan fingerprint density at radius 1 is 0.852 bits per heavy atom. The maximum atomic E-state index is 14.0. The molecule has 4 N–H and O–H groups in total. The molecule has 4 amide bonds. The lowest BCUT2D eigenvalue weighted by atomic mass is 9.93. The Hall–Kier alpha value is -5.53. The number of rotatable bonds is 18. The molecule has 0 aliphatic heterocycles. The highest BCUT2D eigenvalue weighted by Gasteiger charge is 2.31. The summed E-state index contributed by atoms with van der Waals surface area (Å²) in [6, 6.07) is 28.2. The number of ether oxygens (including phenoxy) is 1. The molecule has 0 aliphatic rings. The quantitative estimate of drug-likeness (QED) is 0.0861. The average molecular weight is 753 g/mol. The molecule has 13 heteroatoms. The number of aliphatic hydroxyl groups excluding tert-OH is 1. The second kappa shape index (κ2) is 20.1. The number of hydrogen-bond donors (Lipinski definition) is 4. The second-order valence-electron chi connectivity index (χ2n) is 13.6. The minimum atomic E-state index is -1.08. The van der Waals surface area contributed by atoms with E-state index in [4.69, 9.17) is 14.2 Å². The van der Waals surface area contributed by atoms with Crippen LogP contribution in [0, 0.1) is 5.92 Å². The van der Waals surface area contributed by atoms with Crippen LogP contribution in [0.2, 0.25) is 0 Å². The molecule has 54 heavy (non-hydrogen) atoms. The Morgan fingerprint density at radius 3 is 2.09 bits per heavy atom. The Morgan fingerprint density at radius 2 is 1.48 bits per heavy atom. The number of nitrogens with zero attached hydrogens (tertiary/aromatic N) is 3. The number of benzene rings is 3. The summed E-state index contributed by atoms with van der Waals surface area (Å²) in [5, 5.41) is 27.1. The van der Waals surface area contributed by atoms with Crippen molar-refractivity contribution in [1.82, 2.24) is 31.0 Å². The van der Waals surface area contributed by atoms with E-state index in [1.165, 1.54) is 11.1 Å². The van der Waals surface area contributed by atoms with Crippen LogP contribution in [-0.2, 0) is 41.9 Å². The van der Waals surface area contributed by atoms with Crippen molar-refractivity contribution in [3.05, 3.63) is 142 Å². The number of urea groups is 1. The first-order valence-electron chi connectivity index (χ1n) is 18.0. The molecule has 3 aromatic carbocycles. The van der Waals surface area contributed by atoms with Gasteiger partial charge in [0.05, 0.1) is 35.6 Å². The normalized spacial score (nSPS) is 13.4. The number of hydrogen-bond acceptors (Lipinski definition) is 9. The molecule has 0 spiro atoms. The molecule has 2 aromatic heterocycles. The molecule has 0 saturated heterocycles. The number of carbonyl (C=O) groups is 3. The summed E-state index contributed by atoms with van der Waals surface area (Å²) in [4.78, 5) is 46.5. The smallest absolute Gasteiger partial charge is 0.407 e. The fraction of sp³-hybridized carbons (Fsp3) is 0.341. The van der Waals surface area contributed by atoms with Crippen molar-refractivity contribution < 1.29 is 28.8 Å². The van der Waals surface area contributed by atoms with Crippen LogP contribution in [0.4, 0.5) is 9.59 Å². The van der Waals surface area contributed by atoms with Gasteiger partial charge in [0.25, 0.3) is 0 Å². The standard InChI is InChI=1S/C41H48N6O6S/c1-28(2)38(46-40(50)47(3)25-33-27-54-37(43-33)23-31-17-11-6-12-18-31)39(49)44-32(21-29-13-7-4-8-14-29)24-36(48)35(22-30-15-9-5-10-16-30)45-41(51)52-26-34-19-20-42-53-34/h4-20,27-28,32,35-36,38,48H,21-26H2,1-3H3,(H,44,49)(H,45,51)(H,46,50)/t32-,35-,36-,38-/m0/s1. The van der Waals surface area contributed by atoms with Crippen LogP contribution in [0.15, 0.2) is 113 Å². The molecule has 0 bridgehead atoms. The van der Waals surface area contributed by atoms with Crippen LogP contribution in [0.3, 0.4) is 0 Å². The molecule has 0 unspecified atom stereocenters. The van der Waals surface area contributed by atoms with Gasteiger partial charge < -0.3 is 35.2 Å². The zero-order chi connectivity index (χ0) is 38.3. The molecule has 0 saturated carbocycles. The molecule has 0 radical (unpaired) electrons. The van der Waals surface area contributed by atoms with Crippen LogP contribution in [0.5, 0.6) is 0 Å². The highest BCUT2D eigenvalue weighted by molar-refractivity contribution is 7.09. The molecule has 2 heterocycles. The molecule has 0 fully saturated rings. The van der Waals surface area contributed by atoms with Crippen LogP contribution in [-0.4, -0.2) is 69.5 Å². The van der Waals surface area contributed by atoms with Crippen molar-refractivity contribution in [2.45, 2.75) is 76.9 Å². The number of alkyl carbamates (subject to hydrolysis) is 1. The van der Waals surface area contributed by atoms with E-state index in [0.717, 1.165) is 27.4 Å². The van der Waals surface area contributed by atoms with Gasteiger partial charge in [-0.1, -0.05) is 110 Å². The van der Waals surface area contributed by atoms with E-state index in [-0.39, 0.29) is 31.4 Å². The highest BCUT2D eigenvalue weighted by Crippen LogP contribution is 2.18. The summed E-state index contributed by atoms with van der Waals surface area (Å²) in [7, 11) is 1.67. The predicted octanol–water partition coefficient (Wildman–Crippen LogP) is 5.90. The van der Waals surface area contributed by atoms with E-state index >= 15 is 0 Å². The van der Waals surface area contributed by atoms with E-state index < -0.39 is 36.4 Å². The van der Waals surface area contributed by atoms with E-state index in [1.54, 1.807) is 24.5 Å². The number of aliphatic hydroxyl groups is 1. The third-order valence-corrected chi connectivity index (χ3v) is 9.77. The minimum Gasteiger partial charge on any atom is -0.441 e. The average Bonchev–Trinajstić information content (AvgIpc) is 3.86. The van der Waals surface area contributed by atoms with Crippen molar-refractivity contribution in [2.75, 3.05) is 7.05 Å². The molecular formula is C41H48N6O6S. The van der Waals surface area contributed by atoms with Gasteiger partial charge in [-0.2, -0.15) is 0 Å². The first kappa shape index (κ1) is 39.7. The summed E-state index contributed by atoms with van der Waals surface area (Å²) in [5.41, 5.74) is 3.79. The summed E-state index contributed by atoms with van der Waals surface area (Å²) < 4.78 is 10.4. The fourth-order valence-electron chi connectivity index (χ4n) is 6.00. The van der Waals surface area contributed by atoms with Crippen LogP contribution < -0.4 is 16.0 Å². The molecule has 12 nitrogen and oxygen atoms in total. The van der Waals surface area contributed by atoms with Gasteiger partial charge in [0.15, 0.2) is 12.4 Å². The number of nitrogens with one attached hydrogen (secondary N) is 3. The van der Waals surface area contributed by atoms with E-state index in [0.29, 0.717) is 25.0 Å². The molecular weight excluding hydrogens is 705 g/mol. The number of thiazole rings is 1. The molecule has 5 aromatic rings. The molecule has 4 atom stereocenters. The van der Waals surface area contributed by atoms with Gasteiger partial charge in [0.1, 0.15) is 6.04 Å². The van der Waals surface area contributed by atoms with E-state index in [1.807, 2.05) is 98.1 Å². The van der Waals surface area contributed by atoms with Gasteiger partial charge in [0, 0.05) is 31.0 Å². The summed E-state index contributed by atoms with van der Waals surface area (Å²) in [5.74, 6) is -0.240. The van der Waals surface area contributed by atoms with Crippen molar-refractivity contribution in [1.29, 1.82) is 0 Å². The zero-order valence-electron chi connectivity index (χ0n) is 30.8. The predicted molar refractivity (Wildman–Crippen MR) is 206 cm³/mol. The number of amides is 4. The maximum absolute atomic E-state index is 14.0. The van der Waals surface area contributed by atoms with Gasteiger partial charge in [-0.15, -0.1) is 11.3 Å². The van der Waals surface area contributed by atoms with Crippen LogP contribution in [0.1, 0.15) is 53.4 Å². The highest BCUT2D eigenvalue weighted by atomic mass is 32.1. The third kappa shape index (κ3) is 12.6. The number of aromatic nitrogens is 2. The van der Waals surface area contributed by atoms with Gasteiger partial charge in [-0.05, 0) is 41.9 Å². The summed E-state index contributed by atoms with van der Waals surface area (Å²) in [6.07, 6.45) is 1.19. The van der Waals surface area contributed by atoms with Crippen molar-refractivity contribution in [3.63, 3.8) is 0 Å². The molecule has 5 rings (SSSR count). The zero-order valence-corrected chi connectivity index (χ0v) is 31.6. The monoisotopic (exact) mass is 752 g/mol. The number of carbonyl (C=O) groups excluding carboxylic acids is 3. The first-order chi connectivity index (χ1) is 26.1. The van der Waals surface area contributed by atoms with Crippen molar-refractivity contribution in [2.24, 2.45) is 5.92 Å². The first-order valence-corrected chi connectivity index (χ1v) is 18.9. The topological polar surface area (TPSA) is 159 Å². The van der Waals surface area contributed by atoms with Gasteiger partial charge in [-0.3, -0.25) is 4.79 Å². The second-order valence-corrected chi connectivity index (χ2v) is 14.6. The molecule has 0 aliphatic carbocycles. The largest absolute Gasteiger partial charge is 0.441 e. The van der Waals surface area contributed by atoms with Crippen molar-refractivity contribution in [3.8, 4) is 0 Å². The molecule has 284 valence electrons. The minimum absolute atomic E-state index is 0.105. The fourth-order valence-corrected chi connectivity index (χ4v) is 6.82. The van der Waals surface area contributed by atoms with Crippen LogP contribution >= 0.6 is 11.3 Å². The van der Waals surface area contributed by atoms with Crippen molar-refractivity contribution >= 4 is 29.4 Å². The Labute approximate surface area is 319 Å². The van der Waals surface area contributed by atoms with E-state index in [2.05, 4.69) is 33.2 Å².